The van der Waals surface area contributed by atoms with Gasteiger partial charge in [-0.2, -0.15) is 0 Å². The SMILES string of the molecule is O=C1CCC(c2ccc(N3CCC(N4CCC(c5ccc(-n6ccc7nnc(-c8ccccc8O)cc76)cc5F)CC4)CC3)c(F)c2)C(=O)N1. The van der Waals surface area contributed by atoms with Crippen LogP contribution in [-0.2, 0) is 9.59 Å². The molecule has 1 atom stereocenters. The van der Waals surface area contributed by atoms with Crippen molar-refractivity contribution in [2.75, 3.05) is 31.1 Å². The minimum absolute atomic E-state index is 0.122. The Balaban J connectivity index is 0.883. The van der Waals surface area contributed by atoms with Gasteiger partial charge in [0.1, 0.15) is 22.9 Å². The Morgan fingerprint density at radius 3 is 2.34 bits per heavy atom. The molecule has 5 heterocycles. The summed E-state index contributed by atoms with van der Waals surface area (Å²) in [4.78, 5) is 28.4. The monoisotopic (exact) mass is 676 g/mol. The second-order valence-electron chi connectivity index (χ2n) is 13.7. The number of phenolic OH excluding ortho intramolecular Hbond substituents is 1. The molecule has 9 nitrogen and oxygen atoms in total. The predicted octanol–water partition coefficient (Wildman–Crippen LogP) is 6.44. The molecule has 3 aliphatic rings. The van der Waals surface area contributed by atoms with Gasteiger partial charge >= 0.3 is 0 Å². The highest BCUT2D eigenvalue weighted by molar-refractivity contribution is 6.01. The van der Waals surface area contributed by atoms with Gasteiger partial charge in [-0.3, -0.25) is 14.9 Å². The predicted molar refractivity (Wildman–Crippen MR) is 186 cm³/mol. The Bertz CT molecular complexity index is 2080. The van der Waals surface area contributed by atoms with Gasteiger partial charge in [0.2, 0.25) is 11.8 Å². The number of rotatable bonds is 6. The number of fused-ring (bicyclic) bond motifs is 1. The molecule has 256 valence electrons. The Kier molecular flexibility index (Phi) is 8.52. The molecule has 0 bridgehead atoms. The third-order valence-corrected chi connectivity index (χ3v) is 10.8. The van der Waals surface area contributed by atoms with Crippen LogP contribution >= 0.6 is 0 Å². The summed E-state index contributed by atoms with van der Waals surface area (Å²) in [6.45, 7) is 3.26. The van der Waals surface area contributed by atoms with Crippen LogP contribution in [0.4, 0.5) is 14.5 Å². The number of likely N-dealkylation sites (tertiary alicyclic amines) is 1. The smallest absolute Gasteiger partial charge is 0.234 e. The van der Waals surface area contributed by atoms with Crippen LogP contribution in [0.5, 0.6) is 5.75 Å². The summed E-state index contributed by atoms with van der Waals surface area (Å²) in [6, 6.07) is 21.6. The van der Waals surface area contributed by atoms with E-state index in [0.29, 0.717) is 46.2 Å². The number of carbonyl (C=O) groups excluding carboxylic acids is 2. The first-order chi connectivity index (χ1) is 24.3. The number of nitrogens with one attached hydrogen (secondary N) is 1. The standard InChI is InChI=1S/C39H38F2N6O3/c40-31-22-27(47-20-15-33-36(47)23-34(44-43-33)30-3-1-2-4-37(30)48)6-7-28(31)24-11-16-45(17-12-24)26-13-18-46(19-14-26)35-9-5-25(21-32(35)41)29-8-10-38(49)42-39(29)50/h1-7,9,15,20-24,26,29,48H,8,10-14,16-19H2,(H,42,49,50). The van der Waals surface area contributed by atoms with Crippen LogP contribution in [0.15, 0.2) is 79.0 Å². The van der Waals surface area contributed by atoms with Crippen LogP contribution in [0.1, 0.15) is 61.5 Å². The van der Waals surface area contributed by atoms with Crippen LogP contribution in [0.2, 0.25) is 0 Å². The average Bonchev–Trinajstić information content (AvgIpc) is 3.55. The normalized spacial score (nSPS) is 19.6. The van der Waals surface area contributed by atoms with Crippen molar-refractivity contribution in [2.24, 2.45) is 0 Å². The number of aromatic hydroxyl groups is 1. The van der Waals surface area contributed by atoms with Crippen molar-refractivity contribution in [2.45, 2.75) is 56.4 Å². The minimum Gasteiger partial charge on any atom is -0.507 e. The number of hydrogen-bond acceptors (Lipinski definition) is 7. The van der Waals surface area contributed by atoms with Gasteiger partial charge in [0.15, 0.2) is 0 Å². The average molecular weight is 677 g/mol. The second-order valence-corrected chi connectivity index (χ2v) is 13.7. The molecule has 0 saturated carbocycles. The van der Waals surface area contributed by atoms with Gasteiger partial charge in [-0.15, -0.1) is 10.2 Å². The minimum atomic E-state index is -0.503. The Morgan fingerprint density at radius 2 is 1.60 bits per heavy atom. The summed E-state index contributed by atoms with van der Waals surface area (Å²) < 4.78 is 32.9. The summed E-state index contributed by atoms with van der Waals surface area (Å²) >= 11 is 0. The zero-order chi connectivity index (χ0) is 34.4. The molecule has 0 spiro atoms. The lowest BCUT2D eigenvalue weighted by molar-refractivity contribution is -0.134. The van der Waals surface area contributed by atoms with E-state index in [-0.39, 0.29) is 41.5 Å². The van der Waals surface area contributed by atoms with Gasteiger partial charge in [0, 0.05) is 43.0 Å². The van der Waals surface area contributed by atoms with Crippen LogP contribution < -0.4 is 10.2 Å². The first-order valence-corrected chi connectivity index (χ1v) is 17.4. The van der Waals surface area contributed by atoms with Crippen molar-refractivity contribution in [1.29, 1.82) is 0 Å². The molecule has 2 aromatic heterocycles. The fourth-order valence-corrected chi connectivity index (χ4v) is 8.03. The summed E-state index contributed by atoms with van der Waals surface area (Å²) in [6.07, 6.45) is 6.10. The number of amides is 2. The first-order valence-electron chi connectivity index (χ1n) is 17.4. The van der Waals surface area contributed by atoms with Gasteiger partial charge in [0.05, 0.1) is 22.8 Å². The topological polar surface area (TPSA) is 104 Å². The van der Waals surface area contributed by atoms with Crippen molar-refractivity contribution in [3.05, 3.63) is 102 Å². The van der Waals surface area contributed by atoms with Gasteiger partial charge in [-0.05, 0) is 111 Å². The number of piperidine rings is 3. The van der Waals surface area contributed by atoms with Crippen molar-refractivity contribution in [1.82, 2.24) is 25.0 Å². The maximum atomic E-state index is 15.7. The largest absolute Gasteiger partial charge is 0.507 e. The third kappa shape index (κ3) is 6.10. The molecule has 2 N–H and O–H groups in total. The molecular formula is C39H38F2N6O3. The Morgan fingerprint density at radius 1 is 0.800 bits per heavy atom. The van der Waals surface area contributed by atoms with Crippen molar-refractivity contribution in [3.8, 4) is 22.7 Å². The number of carbonyl (C=O) groups is 2. The van der Waals surface area contributed by atoms with E-state index in [1.54, 1.807) is 30.3 Å². The van der Waals surface area contributed by atoms with Crippen LogP contribution in [-0.4, -0.2) is 68.8 Å². The molecule has 0 radical (unpaired) electrons. The van der Waals surface area contributed by atoms with E-state index in [2.05, 4.69) is 25.3 Å². The van der Waals surface area contributed by atoms with Gasteiger partial charge in [-0.1, -0.05) is 24.3 Å². The zero-order valence-electron chi connectivity index (χ0n) is 27.6. The molecule has 3 fully saturated rings. The van der Waals surface area contributed by atoms with E-state index in [9.17, 15) is 14.7 Å². The van der Waals surface area contributed by atoms with Gasteiger partial charge in [-0.25, -0.2) is 8.78 Å². The number of hydrogen-bond donors (Lipinski definition) is 2. The maximum absolute atomic E-state index is 15.7. The highest BCUT2D eigenvalue weighted by Crippen LogP contribution is 2.36. The van der Waals surface area contributed by atoms with E-state index in [0.717, 1.165) is 62.9 Å². The molecule has 1 unspecified atom stereocenters. The third-order valence-electron chi connectivity index (χ3n) is 10.8. The van der Waals surface area contributed by atoms with Gasteiger partial charge < -0.3 is 19.5 Å². The van der Waals surface area contributed by atoms with Crippen molar-refractivity contribution >= 4 is 28.5 Å². The second kappa shape index (κ2) is 13.3. The number of para-hydroxylation sites is 1. The highest BCUT2D eigenvalue weighted by atomic mass is 19.1. The lowest BCUT2D eigenvalue weighted by Crippen LogP contribution is -2.47. The molecule has 50 heavy (non-hydrogen) atoms. The molecule has 2 amide bonds. The molecule has 11 heteroatoms. The van der Waals surface area contributed by atoms with Crippen molar-refractivity contribution < 1.29 is 23.5 Å². The van der Waals surface area contributed by atoms with Gasteiger partial charge in [0.25, 0.3) is 0 Å². The summed E-state index contributed by atoms with van der Waals surface area (Å²) in [5.41, 5.74) is 5.17. The molecule has 5 aromatic rings. The van der Waals surface area contributed by atoms with Crippen LogP contribution in [0.25, 0.3) is 28.0 Å². The molecule has 3 aromatic carbocycles. The number of aromatic nitrogens is 3. The van der Waals surface area contributed by atoms with Crippen LogP contribution in [0.3, 0.4) is 0 Å². The fraction of sp³-hybridized carbons (Fsp3) is 0.333. The molecule has 3 saturated heterocycles. The summed E-state index contributed by atoms with van der Waals surface area (Å²) in [5.74, 6) is -1.44. The van der Waals surface area contributed by atoms with E-state index in [4.69, 9.17) is 0 Å². The fourth-order valence-electron chi connectivity index (χ4n) is 8.03. The number of nitrogens with zero attached hydrogens (tertiary/aromatic N) is 5. The van der Waals surface area contributed by atoms with Crippen LogP contribution in [0, 0.1) is 11.6 Å². The Labute approximate surface area is 288 Å². The quantitative estimate of drug-likeness (QED) is 0.200. The molecule has 3 aliphatic heterocycles. The molecular weight excluding hydrogens is 638 g/mol. The first kappa shape index (κ1) is 32.1. The summed E-state index contributed by atoms with van der Waals surface area (Å²) in [7, 11) is 0. The molecule has 0 aliphatic carbocycles. The van der Waals surface area contributed by atoms with E-state index < -0.39 is 5.92 Å². The maximum Gasteiger partial charge on any atom is 0.234 e. The number of anilines is 1. The van der Waals surface area contributed by atoms with Crippen molar-refractivity contribution in [3.63, 3.8) is 0 Å². The molecule has 8 rings (SSSR count). The Hall–Kier alpha value is -5.16. The number of benzene rings is 3. The zero-order valence-corrected chi connectivity index (χ0v) is 27.6. The number of halogens is 2. The van der Waals surface area contributed by atoms with E-state index in [1.165, 1.54) is 6.07 Å². The highest BCUT2D eigenvalue weighted by Gasteiger charge is 2.32. The number of phenols is 1. The lowest BCUT2D eigenvalue weighted by atomic mass is 9.87. The summed E-state index contributed by atoms with van der Waals surface area (Å²) in [5, 5.41) is 21.3. The van der Waals surface area contributed by atoms with E-state index in [1.807, 2.05) is 47.2 Å². The number of imide groups is 1. The lowest BCUT2D eigenvalue weighted by Gasteiger charge is -2.42. The van der Waals surface area contributed by atoms with E-state index >= 15 is 8.78 Å².